The van der Waals surface area contributed by atoms with Gasteiger partial charge in [-0.25, -0.2) is 0 Å². The number of carbonyl (C=O) groups is 1. The van der Waals surface area contributed by atoms with Crippen molar-refractivity contribution >= 4 is 5.91 Å². The van der Waals surface area contributed by atoms with E-state index >= 15 is 0 Å². The van der Waals surface area contributed by atoms with Crippen LogP contribution in [-0.4, -0.2) is 25.1 Å². The SMILES string of the molecule is CC(CC(=O)NCc1ccccc1OC1CCC1)C1CCCNC1. The summed E-state index contributed by atoms with van der Waals surface area (Å²) >= 11 is 0. The normalized spacial score (nSPS) is 22.5. The molecule has 0 radical (unpaired) electrons. The average Bonchev–Trinajstić information content (AvgIpc) is 2.58. The number of nitrogens with one attached hydrogen (secondary N) is 2. The Morgan fingerprint density at radius 2 is 2.12 bits per heavy atom. The molecule has 2 unspecified atom stereocenters. The molecule has 1 saturated heterocycles. The van der Waals surface area contributed by atoms with Gasteiger partial charge in [0.15, 0.2) is 0 Å². The molecule has 1 aliphatic heterocycles. The lowest BCUT2D eigenvalue weighted by Crippen LogP contribution is -2.35. The van der Waals surface area contributed by atoms with Crippen LogP contribution in [0.5, 0.6) is 5.75 Å². The number of hydrogen-bond acceptors (Lipinski definition) is 3. The predicted octanol–water partition coefficient (Wildman–Crippen LogP) is 3.26. The van der Waals surface area contributed by atoms with Crippen LogP contribution in [0.15, 0.2) is 24.3 Å². The van der Waals surface area contributed by atoms with Gasteiger partial charge in [0.1, 0.15) is 5.75 Å². The third kappa shape index (κ3) is 4.73. The first-order chi connectivity index (χ1) is 11.7. The van der Waals surface area contributed by atoms with E-state index in [4.69, 9.17) is 4.74 Å². The summed E-state index contributed by atoms with van der Waals surface area (Å²) in [4.78, 5) is 12.3. The average molecular weight is 330 g/mol. The highest BCUT2D eigenvalue weighted by atomic mass is 16.5. The molecule has 4 nitrogen and oxygen atoms in total. The molecule has 1 aromatic rings. The summed E-state index contributed by atoms with van der Waals surface area (Å²) in [5, 5.41) is 6.51. The van der Waals surface area contributed by atoms with Crippen molar-refractivity contribution in [3.05, 3.63) is 29.8 Å². The zero-order valence-corrected chi connectivity index (χ0v) is 14.7. The third-order valence-corrected chi connectivity index (χ3v) is 5.44. The summed E-state index contributed by atoms with van der Waals surface area (Å²) in [6.07, 6.45) is 6.99. The Bertz CT molecular complexity index is 536. The van der Waals surface area contributed by atoms with Gasteiger partial charge in [-0.1, -0.05) is 25.1 Å². The second-order valence-corrected chi connectivity index (χ2v) is 7.34. The summed E-state index contributed by atoms with van der Waals surface area (Å²) in [5.74, 6) is 2.12. The Balaban J connectivity index is 1.47. The van der Waals surface area contributed by atoms with Crippen molar-refractivity contribution in [1.82, 2.24) is 10.6 Å². The lowest BCUT2D eigenvalue weighted by Gasteiger charge is -2.28. The maximum absolute atomic E-state index is 12.3. The quantitative estimate of drug-likeness (QED) is 0.807. The summed E-state index contributed by atoms with van der Waals surface area (Å²) in [6, 6.07) is 8.06. The summed E-state index contributed by atoms with van der Waals surface area (Å²) in [5.41, 5.74) is 1.07. The van der Waals surface area contributed by atoms with Gasteiger partial charge in [-0.05, 0) is 63.1 Å². The molecule has 24 heavy (non-hydrogen) atoms. The molecule has 1 amide bonds. The standard InChI is InChI=1S/C20H30N2O2/c1-15(16-7-5-11-21-13-16)12-20(23)22-14-17-6-2-3-10-19(17)24-18-8-4-9-18/h2-3,6,10,15-16,18,21H,4-5,7-9,11-14H2,1H3,(H,22,23). The van der Waals surface area contributed by atoms with Crippen LogP contribution in [0.2, 0.25) is 0 Å². The van der Waals surface area contributed by atoms with E-state index in [2.05, 4.69) is 17.6 Å². The minimum absolute atomic E-state index is 0.145. The molecule has 0 bridgehead atoms. The Hall–Kier alpha value is -1.55. The first kappa shape index (κ1) is 17.3. The minimum atomic E-state index is 0.145. The maximum atomic E-state index is 12.3. The smallest absolute Gasteiger partial charge is 0.220 e. The minimum Gasteiger partial charge on any atom is -0.490 e. The van der Waals surface area contributed by atoms with Gasteiger partial charge in [0.05, 0.1) is 6.10 Å². The zero-order chi connectivity index (χ0) is 16.8. The highest BCUT2D eigenvalue weighted by Crippen LogP contribution is 2.27. The predicted molar refractivity (Wildman–Crippen MR) is 95.9 cm³/mol. The molecule has 1 aromatic carbocycles. The molecule has 2 atom stereocenters. The van der Waals surface area contributed by atoms with E-state index in [0.717, 1.165) is 37.2 Å². The Morgan fingerprint density at radius 1 is 1.29 bits per heavy atom. The van der Waals surface area contributed by atoms with E-state index in [1.165, 1.54) is 19.3 Å². The monoisotopic (exact) mass is 330 g/mol. The van der Waals surface area contributed by atoms with Gasteiger partial charge in [0.25, 0.3) is 0 Å². The van der Waals surface area contributed by atoms with Crippen molar-refractivity contribution < 1.29 is 9.53 Å². The summed E-state index contributed by atoms with van der Waals surface area (Å²) in [7, 11) is 0. The molecular formula is C20H30N2O2. The van der Waals surface area contributed by atoms with Gasteiger partial charge in [0, 0.05) is 18.5 Å². The van der Waals surface area contributed by atoms with Crippen LogP contribution < -0.4 is 15.4 Å². The van der Waals surface area contributed by atoms with Crippen LogP contribution in [0.4, 0.5) is 0 Å². The van der Waals surface area contributed by atoms with E-state index in [-0.39, 0.29) is 5.91 Å². The molecule has 132 valence electrons. The summed E-state index contributed by atoms with van der Waals surface area (Å²) in [6.45, 7) is 4.92. The van der Waals surface area contributed by atoms with Crippen LogP contribution in [0, 0.1) is 11.8 Å². The Morgan fingerprint density at radius 3 is 2.83 bits per heavy atom. The topological polar surface area (TPSA) is 50.4 Å². The molecule has 0 spiro atoms. The fourth-order valence-electron chi connectivity index (χ4n) is 3.52. The molecule has 0 aromatic heterocycles. The van der Waals surface area contributed by atoms with E-state index in [1.54, 1.807) is 0 Å². The van der Waals surface area contributed by atoms with Crippen LogP contribution >= 0.6 is 0 Å². The fourth-order valence-corrected chi connectivity index (χ4v) is 3.52. The number of benzene rings is 1. The first-order valence-corrected chi connectivity index (χ1v) is 9.44. The lowest BCUT2D eigenvalue weighted by molar-refractivity contribution is -0.122. The number of rotatable bonds is 7. The third-order valence-electron chi connectivity index (χ3n) is 5.44. The van der Waals surface area contributed by atoms with Crippen molar-refractivity contribution in [3.63, 3.8) is 0 Å². The second-order valence-electron chi connectivity index (χ2n) is 7.34. The van der Waals surface area contributed by atoms with Gasteiger partial charge >= 0.3 is 0 Å². The highest BCUT2D eigenvalue weighted by molar-refractivity contribution is 5.76. The summed E-state index contributed by atoms with van der Waals surface area (Å²) < 4.78 is 6.03. The molecule has 4 heteroatoms. The molecule has 1 heterocycles. The van der Waals surface area contributed by atoms with Crippen molar-refractivity contribution in [2.75, 3.05) is 13.1 Å². The van der Waals surface area contributed by atoms with Gasteiger partial charge in [0.2, 0.25) is 5.91 Å². The van der Waals surface area contributed by atoms with Gasteiger partial charge < -0.3 is 15.4 Å². The second kappa shape index (κ2) is 8.52. The molecule has 1 saturated carbocycles. The van der Waals surface area contributed by atoms with Gasteiger partial charge in [-0.15, -0.1) is 0 Å². The number of hydrogen-bond donors (Lipinski definition) is 2. The molecule has 2 N–H and O–H groups in total. The fraction of sp³-hybridized carbons (Fsp3) is 0.650. The van der Waals surface area contributed by atoms with Gasteiger partial charge in [-0.3, -0.25) is 4.79 Å². The number of para-hydroxylation sites is 1. The number of amides is 1. The number of piperidine rings is 1. The Labute approximate surface area is 145 Å². The van der Waals surface area contributed by atoms with Crippen molar-refractivity contribution in [3.8, 4) is 5.75 Å². The number of carbonyl (C=O) groups excluding carboxylic acids is 1. The molecule has 2 fully saturated rings. The van der Waals surface area contributed by atoms with E-state index in [1.807, 2.05) is 24.3 Å². The van der Waals surface area contributed by atoms with Crippen molar-refractivity contribution in [1.29, 1.82) is 0 Å². The van der Waals surface area contributed by atoms with Gasteiger partial charge in [-0.2, -0.15) is 0 Å². The molecular weight excluding hydrogens is 300 g/mol. The van der Waals surface area contributed by atoms with Crippen molar-refractivity contribution in [2.45, 2.75) is 58.1 Å². The van der Waals surface area contributed by atoms with E-state index in [0.29, 0.717) is 30.9 Å². The molecule has 2 aliphatic rings. The van der Waals surface area contributed by atoms with Crippen LogP contribution in [0.25, 0.3) is 0 Å². The molecule has 3 rings (SSSR count). The van der Waals surface area contributed by atoms with Crippen LogP contribution in [0.1, 0.15) is 51.0 Å². The first-order valence-electron chi connectivity index (χ1n) is 9.44. The zero-order valence-electron chi connectivity index (χ0n) is 14.7. The molecule has 1 aliphatic carbocycles. The number of ether oxygens (including phenoxy) is 1. The van der Waals surface area contributed by atoms with Crippen LogP contribution in [-0.2, 0) is 11.3 Å². The largest absolute Gasteiger partial charge is 0.490 e. The van der Waals surface area contributed by atoms with Crippen molar-refractivity contribution in [2.24, 2.45) is 11.8 Å². The Kier molecular flexibility index (Phi) is 6.13. The lowest BCUT2D eigenvalue weighted by atomic mass is 9.85. The maximum Gasteiger partial charge on any atom is 0.220 e. The van der Waals surface area contributed by atoms with E-state index < -0.39 is 0 Å². The van der Waals surface area contributed by atoms with E-state index in [9.17, 15) is 4.79 Å². The van der Waals surface area contributed by atoms with Crippen LogP contribution in [0.3, 0.4) is 0 Å². The highest BCUT2D eigenvalue weighted by Gasteiger charge is 2.22.